The molecule has 2 unspecified atom stereocenters. The Morgan fingerprint density at radius 2 is 1.04 bits per heavy atom. The van der Waals surface area contributed by atoms with Gasteiger partial charge < -0.3 is 44.3 Å². The number of aliphatic hydroxyl groups is 2. The summed E-state index contributed by atoms with van der Waals surface area (Å²) >= 11 is 11.9. The molecule has 0 aliphatic carbocycles. The fourth-order valence-electron chi connectivity index (χ4n) is 6.86. The third-order valence-corrected chi connectivity index (χ3v) is 10.3. The largest absolute Gasteiger partial charge is 0.490 e. The molecule has 2 heterocycles. The van der Waals surface area contributed by atoms with Crippen LogP contribution in [0.15, 0.2) is 97.1 Å². The Balaban J connectivity index is 0.905. The summed E-state index contributed by atoms with van der Waals surface area (Å²) in [6, 6.07) is 28.2. The molecular weight excluding hydrogens is 757 g/mol. The number of carbonyl (C=O) groups excluding carboxylic acids is 2. The Kier molecular flexibility index (Phi) is 15.3. The predicted molar refractivity (Wildman–Crippen MR) is 216 cm³/mol. The van der Waals surface area contributed by atoms with Crippen molar-refractivity contribution < 1.29 is 38.7 Å². The molecule has 0 aromatic heterocycles. The molecule has 13 heteroatoms. The van der Waals surface area contributed by atoms with Crippen molar-refractivity contribution in [2.75, 3.05) is 59.0 Å². The number of halogens is 2. The van der Waals surface area contributed by atoms with Crippen molar-refractivity contribution in [1.29, 1.82) is 0 Å². The second-order valence-corrected chi connectivity index (χ2v) is 15.0. The summed E-state index contributed by atoms with van der Waals surface area (Å²) in [7, 11) is 0. The van der Waals surface area contributed by atoms with Gasteiger partial charge in [0.2, 0.25) is 0 Å². The molecule has 3 N–H and O–H groups in total. The van der Waals surface area contributed by atoms with Crippen LogP contribution in [0.3, 0.4) is 0 Å². The summed E-state index contributed by atoms with van der Waals surface area (Å²) in [6.45, 7) is 3.70. The Labute approximate surface area is 338 Å². The topological polar surface area (TPSA) is 130 Å². The van der Waals surface area contributed by atoms with Crippen molar-refractivity contribution in [3.05, 3.63) is 118 Å². The lowest BCUT2D eigenvalue weighted by molar-refractivity contribution is 0.0399. The lowest BCUT2D eigenvalue weighted by Crippen LogP contribution is -2.43. The third kappa shape index (κ3) is 12.6. The number of ether oxygens (including phenoxy) is 4. The van der Waals surface area contributed by atoms with Crippen LogP contribution in [0.4, 0.5) is 0 Å². The molecule has 2 atom stereocenters. The van der Waals surface area contributed by atoms with Gasteiger partial charge in [-0.05, 0) is 98.5 Å². The third-order valence-electron chi connectivity index (χ3n) is 9.83. The molecule has 1 amide bonds. The zero-order valence-corrected chi connectivity index (χ0v) is 32.7. The van der Waals surface area contributed by atoms with Gasteiger partial charge in [0.15, 0.2) is 5.78 Å². The number of nitrogens with one attached hydrogen (secondary N) is 1. The van der Waals surface area contributed by atoms with E-state index >= 15 is 0 Å². The van der Waals surface area contributed by atoms with Crippen molar-refractivity contribution >= 4 is 34.9 Å². The molecule has 2 aliphatic heterocycles. The molecule has 4 aromatic carbocycles. The van der Waals surface area contributed by atoms with E-state index in [-0.39, 0.29) is 43.3 Å². The van der Waals surface area contributed by atoms with E-state index in [1.165, 1.54) is 0 Å². The summed E-state index contributed by atoms with van der Waals surface area (Å²) in [5, 5.41) is 25.6. The molecule has 2 saturated heterocycles. The Hall–Kier alpha value is -4.36. The number of hydrogen-bond acceptors (Lipinski definition) is 10. The minimum absolute atomic E-state index is 0.00197. The molecule has 298 valence electrons. The molecule has 4 aromatic rings. The van der Waals surface area contributed by atoms with Gasteiger partial charge >= 0.3 is 0 Å². The number of aliphatic hydroxyl groups excluding tert-OH is 2. The maximum Gasteiger partial charge on any atom is 0.255 e. The van der Waals surface area contributed by atoms with Gasteiger partial charge in [-0.3, -0.25) is 9.59 Å². The number of likely N-dealkylation sites (tertiary alicyclic amines) is 2. The van der Waals surface area contributed by atoms with Crippen LogP contribution < -0.4 is 24.3 Å². The van der Waals surface area contributed by atoms with Crippen LogP contribution in [-0.4, -0.2) is 115 Å². The SMILES string of the molecule is O=C(CNC(=O)c1ccccc1OCC(O)CN1CCC(Oc2ccc(Cl)cc2)CC1)c1ccccc1OCC(O)CN1CCC(Oc2ccc(Cl)cc2)CC1. The van der Waals surface area contributed by atoms with Gasteiger partial charge in [0.25, 0.3) is 5.91 Å². The highest BCUT2D eigenvalue weighted by atomic mass is 35.5. The Bertz CT molecular complexity index is 1710. The zero-order valence-electron chi connectivity index (χ0n) is 31.2. The van der Waals surface area contributed by atoms with Crippen LogP contribution in [0.25, 0.3) is 0 Å². The number of nitrogens with zero attached hydrogens (tertiary/aromatic N) is 2. The smallest absolute Gasteiger partial charge is 0.255 e. The number of ketones is 1. The average molecular weight is 807 g/mol. The van der Waals surface area contributed by atoms with E-state index in [0.717, 1.165) is 63.4 Å². The van der Waals surface area contributed by atoms with E-state index in [2.05, 4.69) is 15.1 Å². The van der Waals surface area contributed by atoms with Crippen molar-refractivity contribution in [2.24, 2.45) is 0 Å². The van der Waals surface area contributed by atoms with Gasteiger partial charge in [0, 0.05) is 49.3 Å². The first-order valence-corrected chi connectivity index (χ1v) is 19.8. The summed E-state index contributed by atoms with van der Waals surface area (Å²) in [6.07, 6.45) is 1.99. The standard InChI is InChI=1S/C43H49Cl2N3O8/c44-30-9-13-34(14-10-30)55-36-17-21-47(22-18-36)26-32(49)28-53-41-7-3-1-5-38(41)40(51)25-46-43(52)39-6-2-4-8-42(39)54-29-33(50)27-48-23-19-37(20-24-48)56-35-15-11-31(45)12-16-35/h1-16,32-33,36-37,49-50H,17-29H2,(H,46,52). The Morgan fingerprint density at radius 1 is 0.625 bits per heavy atom. The summed E-state index contributed by atoms with van der Waals surface area (Å²) in [5.74, 6) is 1.39. The van der Waals surface area contributed by atoms with E-state index in [9.17, 15) is 19.8 Å². The molecule has 0 radical (unpaired) electrons. The molecule has 56 heavy (non-hydrogen) atoms. The number of rotatable bonds is 18. The lowest BCUT2D eigenvalue weighted by Gasteiger charge is -2.33. The zero-order chi connectivity index (χ0) is 39.3. The number of carbonyl (C=O) groups is 2. The molecule has 6 rings (SSSR count). The molecule has 11 nitrogen and oxygen atoms in total. The van der Waals surface area contributed by atoms with Gasteiger partial charge in [-0.15, -0.1) is 0 Å². The number of Topliss-reactive ketones (excluding diaryl/α,β-unsaturated/α-hetero) is 1. The highest BCUT2D eigenvalue weighted by Crippen LogP contribution is 2.24. The van der Waals surface area contributed by atoms with Crippen LogP contribution in [0, 0.1) is 0 Å². The maximum atomic E-state index is 13.3. The first-order valence-electron chi connectivity index (χ1n) is 19.1. The van der Waals surface area contributed by atoms with Gasteiger partial charge in [-0.1, -0.05) is 47.5 Å². The summed E-state index contributed by atoms with van der Waals surface area (Å²) in [4.78, 5) is 30.9. The van der Waals surface area contributed by atoms with Crippen LogP contribution in [0.1, 0.15) is 46.4 Å². The number of benzene rings is 4. The minimum Gasteiger partial charge on any atom is -0.490 e. The van der Waals surface area contributed by atoms with E-state index in [1.54, 1.807) is 48.5 Å². The van der Waals surface area contributed by atoms with Crippen LogP contribution in [0.5, 0.6) is 23.0 Å². The number of amides is 1. The van der Waals surface area contributed by atoms with Gasteiger partial charge in [0.1, 0.15) is 60.6 Å². The quantitative estimate of drug-likeness (QED) is 0.100. The summed E-state index contributed by atoms with van der Waals surface area (Å²) in [5.41, 5.74) is 0.550. The predicted octanol–water partition coefficient (Wildman–Crippen LogP) is 6.17. The molecule has 2 fully saturated rings. The maximum absolute atomic E-state index is 13.3. The van der Waals surface area contributed by atoms with E-state index < -0.39 is 18.1 Å². The number of para-hydroxylation sites is 2. The minimum atomic E-state index is -0.774. The molecule has 0 bridgehead atoms. The van der Waals surface area contributed by atoms with Crippen molar-refractivity contribution in [3.63, 3.8) is 0 Å². The van der Waals surface area contributed by atoms with Crippen molar-refractivity contribution in [3.8, 4) is 23.0 Å². The lowest BCUT2D eigenvalue weighted by atomic mass is 10.1. The van der Waals surface area contributed by atoms with Gasteiger partial charge in [-0.25, -0.2) is 0 Å². The highest BCUT2D eigenvalue weighted by Gasteiger charge is 2.25. The summed E-state index contributed by atoms with van der Waals surface area (Å²) < 4.78 is 24.0. The first kappa shape index (κ1) is 41.3. The second-order valence-electron chi connectivity index (χ2n) is 14.2. The Morgan fingerprint density at radius 3 is 1.50 bits per heavy atom. The number of piperidine rings is 2. The van der Waals surface area contributed by atoms with Crippen LogP contribution >= 0.6 is 23.2 Å². The van der Waals surface area contributed by atoms with Crippen LogP contribution in [0.2, 0.25) is 10.0 Å². The molecule has 0 saturated carbocycles. The normalized spacial score (nSPS) is 16.8. The van der Waals surface area contributed by atoms with E-state index in [1.807, 2.05) is 48.5 Å². The van der Waals surface area contributed by atoms with E-state index in [4.69, 9.17) is 42.1 Å². The van der Waals surface area contributed by atoms with Gasteiger partial charge in [-0.2, -0.15) is 0 Å². The molecule has 2 aliphatic rings. The molecule has 0 spiro atoms. The second kappa shape index (κ2) is 20.7. The van der Waals surface area contributed by atoms with Crippen molar-refractivity contribution in [1.82, 2.24) is 15.1 Å². The highest BCUT2D eigenvalue weighted by molar-refractivity contribution is 6.30. The number of hydrogen-bond donors (Lipinski definition) is 3. The molecular formula is C43H49Cl2N3O8. The average Bonchev–Trinajstić information content (AvgIpc) is 3.21. The van der Waals surface area contributed by atoms with Crippen molar-refractivity contribution in [2.45, 2.75) is 50.1 Å². The first-order chi connectivity index (χ1) is 27.2. The fourth-order valence-corrected chi connectivity index (χ4v) is 7.11. The number of β-amino-alcohol motifs (C(OH)–C–C–N with tert-alkyl or cyclic N) is 2. The van der Waals surface area contributed by atoms with Crippen LogP contribution in [-0.2, 0) is 0 Å². The van der Waals surface area contributed by atoms with Gasteiger partial charge in [0.05, 0.1) is 17.7 Å². The fraction of sp³-hybridized carbons (Fsp3) is 0.395. The van der Waals surface area contributed by atoms with E-state index in [0.29, 0.717) is 40.2 Å². The monoisotopic (exact) mass is 805 g/mol.